The van der Waals surface area contributed by atoms with Gasteiger partial charge in [0.1, 0.15) is 0 Å². The van der Waals surface area contributed by atoms with Gasteiger partial charge in [-0.2, -0.15) is 0 Å². The lowest BCUT2D eigenvalue weighted by molar-refractivity contribution is -0.163. The van der Waals surface area contributed by atoms with Gasteiger partial charge in [0, 0.05) is 0 Å². The quantitative estimate of drug-likeness (QED) is 0.532. The highest BCUT2D eigenvalue weighted by molar-refractivity contribution is 5.73. The third kappa shape index (κ3) is 3.32. The van der Waals surface area contributed by atoms with Crippen LogP contribution in [0, 0.1) is 5.92 Å². The first kappa shape index (κ1) is 13.2. The predicted octanol–water partition coefficient (Wildman–Crippen LogP) is 1.89. The van der Waals surface area contributed by atoms with Crippen molar-refractivity contribution in [2.45, 2.75) is 39.1 Å². The summed E-state index contributed by atoms with van der Waals surface area (Å²) in [5, 5.41) is 0. The van der Waals surface area contributed by atoms with E-state index in [1.807, 2.05) is 13.8 Å². The second-order valence-electron chi connectivity index (χ2n) is 4.25. The maximum Gasteiger partial charge on any atom is 0.311 e. The zero-order valence-electron chi connectivity index (χ0n) is 10.2. The van der Waals surface area contributed by atoms with Gasteiger partial charge in [-0.3, -0.25) is 4.79 Å². The smallest absolute Gasteiger partial charge is 0.311 e. The van der Waals surface area contributed by atoms with E-state index < -0.39 is 5.79 Å². The van der Waals surface area contributed by atoms with E-state index in [0.717, 1.165) is 0 Å². The van der Waals surface area contributed by atoms with Gasteiger partial charge >= 0.3 is 5.97 Å². The van der Waals surface area contributed by atoms with Crippen molar-refractivity contribution in [1.82, 2.24) is 0 Å². The average Bonchev–Trinajstić information content (AvgIpc) is 2.55. The van der Waals surface area contributed by atoms with E-state index in [4.69, 9.17) is 14.2 Å². The molecule has 0 radical (unpaired) electrons. The van der Waals surface area contributed by atoms with E-state index in [2.05, 4.69) is 6.58 Å². The van der Waals surface area contributed by atoms with Crippen LogP contribution in [0.3, 0.4) is 0 Å². The minimum absolute atomic E-state index is 0.242. The highest BCUT2D eigenvalue weighted by Crippen LogP contribution is 2.29. The van der Waals surface area contributed by atoms with Gasteiger partial charge in [0.15, 0.2) is 5.79 Å². The number of esters is 1. The predicted molar refractivity (Wildman–Crippen MR) is 59.8 cm³/mol. The summed E-state index contributed by atoms with van der Waals surface area (Å²) in [6.07, 6.45) is 2.01. The number of hydrogen-bond donors (Lipinski definition) is 0. The lowest BCUT2D eigenvalue weighted by Crippen LogP contribution is -2.33. The molecule has 0 aromatic carbocycles. The Kier molecular flexibility index (Phi) is 4.50. The number of allylic oxidation sites excluding steroid dienone is 1. The van der Waals surface area contributed by atoms with Crippen molar-refractivity contribution in [3.05, 3.63) is 12.7 Å². The molecule has 0 spiro atoms. The highest BCUT2D eigenvalue weighted by Gasteiger charge is 2.40. The zero-order chi connectivity index (χ0) is 12.2. The normalized spacial score (nSPS) is 25.1. The van der Waals surface area contributed by atoms with E-state index >= 15 is 0 Å². The Morgan fingerprint density at radius 1 is 1.69 bits per heavy atom. The fourth-order valence-electron chi connectivity index (χ4n) is 1.74. The Balaban J connectivity index is 2.63. The van der Waals surface area contributed by atoms with Crippen LogP contribution >= 0.6 is 0 Å². The minimum atomic E-state index is -0.615. The molecule has 4 heteroatoms. The first-order chi connectivity index (χ1) is 7.50. The summed E-state index contributed by atoms with van der Waals surface area (Å²) < 4.78 is 16.1. The third-order valence-electron chi connectivity index (χ3n) is 2.49. The zero-order valence-corrected chi connectivity index (χ0v) is 10.2. The van der Waals surface area contributed by atoms with Gasteiger partial charge in [-0.15, -0.1) is 6.58 Å². The van der Waals surface area contributed by atoms with Gasteiger partial charge < -0.3 is 14.2 Å². The monoisotopic (exact) mass is 228 g/mol. The van der Waals surface area contributed by atoms with Crippen LogP contribution < -0.4 is 0 Å². The second kappa shape index (κ2) is 5.46. The molecule has 16 heavy (non-hydrogen) atoms. The fraction of sp³-hybridized carbons (Fsp3) is 0.750. The maximum atomic E-state index is 11.7. The fourth-order valence-corrected chi connectivity index (χ4v) is 1.74. The molecular weight excluding hydrogens is 208 g/mol. The summed E-state index contributed by atoms with van der Waals surface area (Å²) in [6, 6.07) is 0. The Hall–Kier alpha value is -0.870. The molecule has 1 aliphatic heterocycles. The summed E-state index contributed by atoms with van der Waals surface area (Å²) >= 11 is 0. The van der Waals surface area contributed by atoms with Crippen LogP contribution in [0.2, 0.25) is 0 Å². The standard InChI is InChI=1S/C12H20O4/c1-5-7-9(11(13)14-6-2)10-8-15-12(3,4)16-10/h5,9-10H,1,6-8H2,2-4H3. The van der Waals surface area contributed by atoms with Crippen molar-refractivity contribution in [3.63, 3.8) is 0 Å². The topological polar surface area (TPSA) is 44.8 Å². The maximum absolute atomic E-state index is 11.7. The van der Waals surface area contributed by atoms with E-state index in [0.29, 0.717) is 19.6 Å². The third-order valence-corrected chi connectivity index (χ3v) is 2.49. The van der Waals surface area contributed by atoms with Crippen molar-refractivity contribution in [1.29, 1.82) is 0 Å². The molecule has 4 nitrogen and oxygen atoms in total. The molecular formula is C12H20O4. The van der Waals surface area contributed by atoms with Gasteiger partial charge in [0.2, 0.25) is 0 Å². The SMILES string of the molecule is C=CCC(C(=O)OCC)C1COC(C)(C)O1. The molecule has 92 valence electrons. The summed E-state index contributed by atoms with van der Waals surface area (Å²) in [6.45, 7) is 9.91. The summed E-state index contributed by atoms with van der Waals surface area (Å²) in [7, 11) is 0. The van der Waals surface area contributed by atoms with Crippen LogP contribution in [0.5, 0.6) is 0 Å². The van der Waals surface area contributed by atoms with Crippen LogP contribution in [0.25, 0.3) is 0 Å². The molecule has 2 unspecified atom stereocenters. The first-order valence-corrected chi connectivity index (χ1v) is 5.59. The van der Waals surface area contributed by atoms with Crippen LogP contribution in [-0.2, 0) is 19.0 Å². The van der Waals surface area contributed by atoms with Gasteiger partial charge in [-0.1, -0.05) is 6.08 Å². The largest absolute Gasteiger partial charge is 0.466 e. The summed E-state index contributed by atoms with van der Waals surface area (Å²) in [5.74, 6) is -1.18. The van der Waals surface area contributed by atoms with Crippen molar-refractivity contribution in [2.24, 2.45) is 5.92 Å². The molecule has 1 rings (SSSR count). The highest BCUT2D eigenvalue weighted by atomic mass is 16.7. The molecule has 1 saturated heterocycles. The van der Waals surface area contributed by atoms with E-state index in [-0.39, 0.29) is 18.0 Å². The Morgan fingerprint density at radius 2 is 2.38 bits per heavy atom. The van der Waals surface area contributed by atoms with Gasteiger partial charge in [0.25, 0.3) is 0 Å². The van der Waals surface area contributed by atoms with Gasteiger partial charge in [-0.05, 0) is 27.2 Å². The van der Waals surface area contributed by atoms with Gasteiger partial charge in [-0.25, -0.2) is 0 Å². The lowest BCUT2D eigenvalue weighted by atomic mass is 9.99. The number of carbonyl (C=O) groups excluding carboxylic acids is 1. The van der Waals surface area contributed by atoms with E-state index in [1.165, 1.54) is 0 Å². The minimum Gasteiger partial charge on any atom is -0.466 e. The molecule has 0 bridgehead atoms. The summed E-state index contributed by atoms with van der Waals surface area (Å²) in [4.78, 5) is 11.7. The first-order valence-electron chi connectivity index (χ1n) is 5.59. The Morgan fingerprint density at radius 3 is 2.81 bits per heavy atom. The van der Waals surface area contributed by atoms with Crippen molar-refractivity contribution in [3.8, 4) is 0 Å². The molecule has 0 aliphatic carbocycles. The number of hydrogen-bond acceptors (Lipinski definition) is 4. The number of rotatable bonds is 5. The molecule has 0 amide bonds. The molecule has 0 N–H and O–H groups in total. The Labute approximate surface area is 96.6 Å². The molecule has 2 atom stereocenters. The number of carbonyl (C=O) groups is 1. The van der Waals surface area contributed by atoms with Crippen LogP contribution in [0.15, 0.2) is 12.7 Å². The Bertz CT molecular complexity index is 260. The molecule has 0 aromatic rings. The average molecular weight is 228 g/mol. The van der Waals surface area contributed by atoms with Gasteiger partial charge in [0.05, 0.1) is 25.2 Å². The van der Waals surface area contributed by atoms with Crippen LogP contribution in [-0.4, -0.2) is 31.1 Å². The lowest BCUT2D eigenvalue weighted by Gasteiger charge is -2.21. The summed E-state index contributed by atoms with van der Waals surface area (Å²) in [5.41, 5.74) is 0. The van der Waals surface area contributed by atoms with Crippen molar-refractivity contribution < 1.29 is 19.0 Å². The number of ether oxygens (including phenoxy) is 3. The second-order valence-corrected chi connectivity index (χ2v) is 4.25. The molecule has 1 fully saturated rings. The van der Waals surface area contributed by atoms with Crippen molar-refractivity contribution in [2.75, 3.05) is 13.2 Å². The molecule has 0 aromatic heterocycles. The van der Waals surface area contributed by atoms with Crippen LogP contribution in [0.4, 0.5) is 0 Å². The van der Waals surface area contributed by atoms with Crippen LogP contribution in [0.1, 0.15) is 27.2 Å². The van der Waals surface area contributed by atoms with E-state index in [1.54, 1.807) is 13.0 Å². The van der Waals surface area contributed by atoms with Crippen molar-refractivity contribution >= 4 is 5.97 Å². The van der Waals surface area contributed by atoms with E-state index in [9.17, 15) is 4.79 Å². The molecule has 0 saturated carbocycles. The molecule has 1 heterocycles. The molecule has 1 aliphatic rings.